The molecule has 17 heavy (non-hydrogen) atoms. The van der Waals surface area contributed by atoms with Crippen LogP contribution >= 0.6 is 35.3 Å². The van der Waals surface area contributed by atoms with E-state index in [9.17, 15) is 0 Å². The van der Waals surface area contributed by atoms with Crippen LogP contribution in [-0.4, -0.2) is 26.6 Å². The van der Waals surface area contributed by atoms with Gasteiger partial charge in [-0.05, 0) is 25.3 Å². The van der Waals surface area contributed by atoms with Crippen LogP contribution in [-0.2, 0) is 0 Å². The third kappa shape index (κ3) is 2.59. The molecule has 0 saturated carbocycles. The molecular formula is C14H18S3. The summed E-state index contributed by atoms with van der Waals surface area (Å²) in [5.74, 6) is 6.10. The standard InChI is InChI=1S/C14H18S3/c1-4-8-15-13-6-7-14(16-9-10-17-14)12(5-2)11(13)3/h1,5,13H,2,6-10H2,3H3. The molecule has 0 aromatic heterocycles. The maximum atomic E-state index is 5.36. The van der Waals surface area contributed by atoms with Gasteiger partial charge in [0.15, 0.2) is 0 Å². The Morgan fingerprint density at radius 3 is 2.88 bits per heavy atom. The summed E-state index contributed by atoms with van der Waals surface area (Å²) in [5.41, 5.74) is 2.99. The highest BCUT2D eigenvalue weighted by Gasteiger charge is 2.42. The number of terminal acetylenes is 1. The molecule has 1 spiro atoms. The molecule has 3 heteroatoms. The quantitative estimate of drug-likeness (QED) is 0.712. The second kappa shape index (κ2) is 5.82. The van der Waals surface area contributed by atoms with Crippen LogP contribution in [0.15, 0.2) is 23.8 Å². The Morgan fingerprint density at radius 1 is 1.59 bits per heavy atom. The molecule has 2 rings (SSSR count). The largest absolute Gasteiger partial charge is 0.141 e. The number of hydrogen-bond acceptors (Lipinski definition) is 3. The van der Waals surface area contributed by atoms with Crippen LogP contribution in [0.5, 0.6) is 0 Å². The summed E-state index contributed by atoms with van der Waals surface area (Å²) in [6.45, 7) is 6.30. The maximum Gasteiger partial charge on any atom is 0.0860 e. The van der Waals surface area contributed by atoms with Gasteiger partial charge in [0.2, 0.25) is 0 Å². The van der Waals surface area contributed by atoms with E-state index >= 15 is 0 Å². The predicted molar refractivity (Wildman–Crippen MR) is 84.9 cm³/mol. The Morgan fingerprint density at radius 2 is 2.29 bits per heavy atom. The molecule has 1 saturated heterocycles. The molecule has 1 aliphatic heterocycles. The molecule has 0 aromatic rings. The summed E-state index contributed by atoms with van der Waals surface area (Å²) in [5, 5.41) is 0.603. The van der Waals surface area contributed by atoms with Crippen molar-refractivity contribution >= 4 is 35.3 Å². The van der Waals surface area contributed by atoms with Crippen molar-refractivity contribution in [2.75, 3.05) is 17.3 Å². The zero-order valence-corrected chi connectivity index (χ0v) is 12.6. The fourth-order valence-corrected chi connectivity index (χ4v) is 7.02. The van der Waals surface area contributed by atoms with Gasteiger partial charge >= 0.3 is 0 Å². The van der Waals surface area contributed by atoms with E-state index in [4.69, 9.17) is 6.42 Å². The normalized spacial score (nSPS) is 27.2. The van der Waals surface area contributed by atoms with Crippen molar-refractivity contribution in [1.82, 2.24) is 0 Å². The Bertz CT molecular complexity index is 369. The topological polar surface area (TPSA) is 0 Å². The molecule has 0 amide bonds. The van der Waals surface area contributed by atoms with Gasteiger partial charge in [0.25, 0.3) is 0 Å². The molecule has 0 nitrogen and oxygen atoms in total. The molecule has 0 bridgehead atoms. The highest BCUT2D eigenvalue weighted by atomic mass is 32.2. The fourth-order valence-electron chi connectivity index (χ4n) is 2.57. The van der Waals surface area contributed by atoms with Gasteiger partial charge in [0, 0.05) is 16.8 Å². The Balaban J connectivity index is 2.24. The first kappa shape index (κ1) is 13.5. The van der Waals surface area contributed by atoms with Crippen molar-refractivity contribution in [3.05, 3.63) is 23.8 Å². The molecule has 92 valence electrons. The third-order valence-electron chi connectivity index (χ3n) is 3.38. The summed E-state index contributed by atoms with van der Waals surface area (Å²) >= 11 is 6.13. The van der Waals surface area contributed by atoms with Crippen LogP contribution in [0.25, 0.3) is 0 Å². The van der Waals surface area contributed by atoms with Crippen LogP contribution in [0.4, 0.5) is 0 Å². The molecular weight excluding hydrogens is 264 g/mol. The average molecular weight is 282 g/mol. The molecule has 0 radical (unpaired) electrons. The van der Waals surface area contributed by atoms with Gasteiger partial charge in [-0.1, -0.05) is 24.1 Å². The van der Waals surface area contributed by atoms with E-state index in [1.54, 1.807) is 0 Å². The number of allylic oxidation sites excluding steroid dienone is 1. The molecule has 2 aliphatic rings. The minimum atomic E-state index is 0.318. The van der Waals surface area contributed by atoms with Gasteiger partial charge < -0.3 is 0 Å². The highest BCUT2D eigenvalue weighted by molar-refractivity contribution is 8.21. The lowest BCUT2D eigenvalue weighted by Crippen LogP contribution is -2.29. The minimum Gasteiger partial charge on any atom is -0.141 e. The van der Waals surface area contributed by atoms with Crippen molar-refractivity contribution in [3.63, 3.8) is 0 Å². The Hall–Kier alpha value is 0.0900. The maximum absolute atomic E-state index is 5.36. The molecule has 0 aromatic carbocycles. The van der Waals surface area contributed by atoms with Gasteiger partial charge in [0.1, 0.15) is 0 Å². The first-order valence-corrected chi connectivity index (χ1v) is 8.92. The van der Waals surface area contributed by atoms with Gasteiger partial charge in [-0.15, -0.1) is 41.7 Å². The van der Waals surface area contributed by atoms with E-state index in [0.717, 1.165) is 5.75 Å². The summed E-state index contributed by atoms with van der Waals surface area (Å²) in [4.78, 5) is 0. The van der Waals surface area contributed by atoms with Crippen molar-refractivity contribution in [3.8, 4) is 12.3 Å². The summed E-state index contributed by atoms with van der Waals surface area (Å²) < 4.78 is 0.318. The molecule has 0 N–H and O–H groups in total. The lowest BCUT2D eigenvalue weighted by molar-refractivity contribution is 0.681. The highest BCUT2D eigenvalue weighted by Crippen LogP contribution is 2.56. The fraction of sp³-hybridized carbons (Fsp3) is 0.571. The van der Waals surface area contributed by atoms with Crippen molar-refractivity contribution < 1.29 is 0 Å². The molecule has 1 heterocycles. The van der Waals surface area contributed by atoms with Crippen molar-refractivity contribution in [1.29, 1.82) is 0 Å². The van der Waals surface area contributed by atoms with E-state index in [-0.39, 0.29) is 0 Å². The number of rotatable bonds is 3. The van der Waals surface area contributed by atoms with Crippen LogP contribution < -0.4 is 0 Å². The number of thioether (sulfide) groups is 3. The summed E-state index contributed by atoms with van der Waals surface area (Å²) in [6, 6.07) is 0. The Kier molecular flexibility index (Phi) is 4.63. The van der Waals surface area contributed by atoms with Crippen molar-refractivity contribution in [2.24, 2.45) is 0 Å². The Labute approximate surface area is 117 Å². The summed E-state index contributed by atoms with van der Waals surface area (Å²) in [7, 11) is 0. The molecule has 1 aliphatic carbocycles. The predicted octanol–water partition coefficient (Wildman–Crippen LogP) is 4.19. The third-order valence-corrected chi connectivity index (χ3v) is 8.27. The van der Waals surface area contributed by atoms with Crippen molar-refractivity contribution in [2.45, 2.75) is 29.1 Å². The van der Waals surface area contributed by atoms with E-state index < -0.39 is 0 Å². The zero-order chi connectivity index (χ0) is 12.3. The SMILES string of the molecule is C#CCSC1CCC2(SCCS2)C(C=C)=C1C. The zero-order valence-electron chi connectivity index (χ0n) is 10.2. The molecule has 1 atom stereocenters. The first-order valence-electron chi connectivity index (χ1n) is 5.90. The van der Waals surface area contributed by atoms with Gasteiger partial charge in [0.05, 0.1) is 9.83 Å². The smallest absolute Gasteiger partial charge is 0.0860 e. The lowest BCUT2D eigenvalue weighted by Gasteiger charge is -2.38. The van der Waals surface area contributed by atoms with Gasteiger partial charge in [-0.3, -0.25) is 0 Å². The van der Waals surface area contributed by atoms with Gasteiger partial charge in [-0.25, -0.2) is 0 Å². The first-order chi connectivity index (χ1) is 8.23. The summed E-state index contributed by atoms with van der Waals surface area (Å²) in [6.07, 6.45) is 9.97. The lowest BCUT2D eigenvalue weighted by atomic mass is 9.91. The molecule has 1 unspecified atom stereocenters. The van der Waals surface area contributed by atoms with Crippen LogP contribution in [0.2, 0.25) is 0 Å². The van der Waals surface area contributed by atoms with Crippen LogP contribution in [0.1, 0.15) is 19.8 Å². The van der Waals surface area contributed by atoms with Gasteiger partial charge in [-0.2, -0.15) is 0 Å². The van der Waals surface area contributed by atoms with Crippen LogP contribution in [0.3, 0.4) is 0 Å². The second-order valence-corrected chi connectivity index (χ2v) is 8.53. The molecule has 1 fully saturated rings. The minimum absolute atomic E-state index is 0.318. The van der Waals surface area contributed by atoms with E-state index in [0.29, 0.717) is 9.33 Å². The second-order valence-electron chi connectivity index (χ2n) is 4.29. The van der Waals surface area contributed by atoms with E-state index in [1.807, 2.05) is 11.8 Å². The average Bonchev–Trinajstić information content (AvgIpc) is 2.78. The monoisotopic (exact) mass is 282 g/mol. The van der Waals surface area contributed by atoms with Crippen LogP contribution in [0, 0.1) is 12.3 Å². The van der Waals surface area contributed by atoms with E-state index in [1.165, 1.54) is 35.5 Å². The van der Waals surface area contributed by atoms with E-state index in [2.05, 4.69) is 49.0 Å². The number of hydrogen-bond donors (Lipinski definition) is 0.